The molecule has 0 saturated heterocycles. The van der Waals surface area contributed by atoms with Gasteiger partial charge >= 0.3 is 0 Å². The molecule has 2 N–H and O–H groups in total. The number of aryl methyl sites for hydroxylation is 2. The van der Waals surface area contributed by atoms with Gasteiger partial charge in [-0.15, -0.1) is 11.8 Å². The molecule has 5 heteroatoms. The summed E-state index contributed by atoms with van der Waals surface area (Å²) in [6.45, 7) is 3.75. The van der Waals surface area contributed by atoms with Gasteiger partial charge in [0.05, 0.1) is 16.8 Å². The molecule has 0 bridgehead atoms. The van der Waals surface area contributed by atoms with Gasteiger partial charge in [-0.25, -0.2) is 0 Å². The second-order valence-electron chi connectivity index (χ2n) is 4.23. The smallest absolute Gasteiger partial charge is 0.101 e. The standard InChI is InChI=1S/C11H18N4S/c1-9-7-10(15(3)14-9)16-6-4-5-11(2,13)8-12/h7H,4-6,13H2,1-3H3. The summed E-state index contributed by atoms with van der Waals surface area (Å²) >= 11 is 1.75. The number of nitrogens with two attached hydrogens (primary N) is 1. The molecule has 1 rings (SSSR count). The third-order valence-corrected chi connectivity index (χ3v) is 3.48. The summed E-state index contributed by atoms with van der Waals surface area (Å²) in [5.74, 6) is 0.966. The SMILES string of the molecule is Cc1cc(SCCCC(C)(N)C#N)n(C)n1. The summed E-state index contributed by atoms with van der Waals surface area (Å²) in [7, 11) is 1.94. The fraction of sp³-hybridized carbons (Fsp3) is 0.636. The Hall–Kier alpha value is -0.990. The van der Waals surface area contributed by atoms with E-state index in [0.29, 0.717) is 0 Å². The summed E-state index contributed by atoms with van der Waals surface area (Å²) in [6, 6.07) is 4.17. The number of nitriles is 1. The van der Waals surface area contributed by atoms with Crippen LogP contribution in [0.1, 0.15) is 25.5 Å². The Morgan fingerprint density at radius 1 is 1.69 bits per heavy atom. The molecule has 1 atom stereocenters. The van der Waals surface area contributed by atoms with E-state index in [-0.39, 0.29) is 0 Å². The van der Waals surface area contributed by atoms with Crippen molar-refractivity contribution in [3.05, 3.63) is 11.8 Å². The maximum atomic E-state index is 8.76. The Morgan fingerprint density at radius 2 is 2.38 bits per heavy atom. The van der Waals surface area contributed by atoms with E-state index in [0.717, 1.165) is 29.3 Å². The molecule has 0 aliphatic carbocycles. The van der Waals surface area contributed by atoms with E-state index in [1.165, 1.54) is 0 Å². The molecule has 1 aromatic heterocycles. The third-order valence-electron chi connectivity index (χ3n) is 2.30. The van der Waals surface area contributed by atoms with Crippen molar-refractivity contribution in [1.29, 1.82) is 5.26 Å². The molecule has 4 nitrogen and oxygen atoms in total. The first-order chi connectivity index (χ1) is 7.44. The van der Waals surface area contributed by atoms with E-state index in [9.17, 15) is 0 Å². The van der Waals surface area contributed by atoms with Crippen LogP contribution >= 0.6 is 11.8 Å². The second-order valence-corrected chi connectivity index (χ2v) is 5.34. The number of thioether (sulfide) groups is 1. The van der Waals surface area contributed by atoms with Crippen LogP contribution in [0.5, 0.6) is 0 Å². The van der Waals surface area contributed by atoms with Crippen molar-refractivity contribution in [2.24, 2.45) is 12.8 Å². The first-order valence-electron chi connectivity index (χ1n) is 5.28. The second kappa shape index (κ2) is 5.37. The summed E-state index contributed by atoms with van der Waals surface area (Å²) < 4.78 is 1.88. The van der Waals surface area contributed by atoms with E-state index in [1.807, 2.05) is 18.7 Å². The largest absolute Gasteiger partial charge is 0.314 e. The molecule has 0 radical (unpaired) electrons. The van der Waals surface area contributed by atoms with Crippen LogP contribution < -0.4 is 5.73 Å². The predicted molar refractivity (Wildman–Crippen MR) is 66.1 cm³/mol. The van der Waals surface area contributed by atoms with Crippen LogP contribution in [0.4, 0.5) is 0 Å². The lowest BCUT2D eigenvalue weighted by Crippen LogP contribution is -2.33. The van der Waals surface area contributed by atoms with Gasteiger partial charge in [0.2, 0.25) is 0 Å². The lowest BCUT2D eigenvalue weighted by molar-refractivity contribution is 0.540. The summed E-state index contributed by atoms with van der Waals surface area (Å²) in [6.07, 6.45) is 1.67. The van der Waals surface area contributed by atoms with Gasteiger partial charge in [0.15, 0.2) is 0 Å². The lowest BCUT2D eigenvalue weighted by Gasteiger charge is -2.14. The monoisotopic (exact) mass is 238 g/mol. The van der Waals surface area contributed by atoms with Crippen molar-refractivity contribution < 1.29 is 0 Å². The van der Waals surface area contributed by atoms with Crippen LogP contribution in [0.3, 0.4) is 0 Å². The van der Waals surface area contributed by atoms with Gasteiger partial charge in [0.1, 0.15) is 5.54 Å². The molecule has 1 heterocycles. The normalized spacial score (nSPS) is 14.4. The summed E-state index contributed by atoms with van der Waals surface area (Å²) in [4.78, 5) is 0. The van der Waals surface area contributed by atoms with Gasteiger partial charge < -0.3 is 5.73 Å². The first-order valence-corrected chi connectivity index (χ1v) is 6.27. The van der Waals surface area contributed by atoms with Crippen LogP contribution in [0.2, 0.25) is 0 Å². The zero-order chi connectivity index (χ0) is 12.2. The van der Waals surface area contributed by atoms with E-state index < -0.39 is 5.54 Å². The molecular formula is C11H18N4S. The predicted octanol–water partition coefficient (Wildman–Crippen LogP) is 1.84. The van der Waals surface area contributed by atoms with Crippen molar-refractivity contribution in [1.82, 2.24) is 9.78 Å². The van der Waals surface area contributed by atoms with Crippen molar-refractivity contribution >= 4 is 11.8 Å². The Bertz CT molecular complexity index is 389. The van der Waals surface area contributed by atoms with Crippen LogP contribution in [0.15, 0.2) is 11.1 Å². The van der Waals surface area contributed by atoms with Gasteiger partial charge in [-0.2, -0.15) is 10.4 Å². The number of aromatic nitrogens is 2. The highest BCUT2D eigenvalue weighted by atomic mass is 32.2. The minimum Gasteiger partial charge on any atom is -0.314 e. The summed E-state index contributed by atoms with van der Waals surface area (Å²) in [5, 5.41) is 14.2. The Labute approximate surface area is 101 Å². The molecule has 1 unspecified atom stereocenters. The lowest BCUT2D eigenvalue weighted by atomic mass is 10.0. The van der Waals surface area contributed by atoms with Gasteiger partial charge in [-0.05, 0) is 38.5 Å². The molecule has 16 heavy (non-hydrogen) atoms. The highest BCUT2D eigenvalue weighted by Crippen LogP contribution is 2.20. The number of rotatable bonds is 5. The molecule has 0 aliphatic heterocycles. The van der Waals surface area contributed by atoms with Crippen molar-refractivity contribution in [2.45, 2.75) is 37.3 Å². The van der Waals surface area contributed by atoms with Crippen molar-refractivity contribution in [2.75, 3.05) is 5.75 Å². The van der Waals surface area contributed by atoms with Crippen molar-refractivity contribution in [3.63, 3.8) is 0 Å². The average molecular weight is 238 g/mol. The molecule has 88 valence electrons. The first kappa shape index (κ1) is 13.1. The van der Waals surface area contributed by atoms with Gasteiger partial charge in [-0.3, -0.25) is 4.68 Å². The summed E-state index contributed by atoms with van der Waals surface area (Å²) in [5.41, 5.74) is 6.08. The number of nitrogens with zero attached hydrogens (tertiary/aromatic N) is 3. The quantitative estimate of drug-likeness (QED) is 0.628. The van der Waals surface area contributed by atoms with E-state index in [1.54, 1.807) is 18.7 Å². The third kappa shape index (κ3) is 3.87. The Balaban J connectivity index is 2.32. The van der Waals surface area contributed by atoms with E-state index in [2.05, 4.69) is 17.2 Å². The molecule has 1 aromatic rings. The van der Waals surface area contributed by atoms with Gasteiger partial charge in [0, 0.05) is 7.05 Å². The zero-order valence-corrected chi connectivity index (χ0v) is 10.8. The molecular weight excluding hydrogens is 220 g/mol. The van der Waals surface area contributed by atoms with Crippen LogP contribution in [0.25, 0.3) is 0 Å². The highest BCUT2D eigenvalue weighted by Gasteiger charge is 2.16. The average Bonchev–Trinajstić information content (AvgIpc) is 2.52. The van der Waals surface area contributed by atoms with Crippen LogP contribution in [-0.2, 0) is 7.05 Å². The fourth-order valence-corrected chi connectivity index (χ4v) is 2.37. The fourth-order valence-electron chi connectivity index (χ4n) is 1.39. The Morgan fingerprint density at radius 3 is 2.88 bits per heavy atom. The van der Waals surface area contributed by atoms with E-state index in [4.69, 9.17) is 11.0 Å². The number of hydrogen-bond acceptors (Lipinski definition) is 4. The zero-order valence-electron chi connectivity index (χ0n) is 10.0. The minimum absolute atomic E-state index is 0.692. The van der Waals surface area contributed by atoms with Gasteiger partial charge in [0.25, 0.3) is 0 Å². The molecule has 0 aliphatic rings. The minimum atomic E-state index is -0.692. The topological polar surface area (TPSA) is 67.6 Å². The van der Waals surface area contributed by atoms with Crippen molar-refractivity contribution in [3.8, 4) is 6.07 Å². The molecule has 0 aromatic carbocycles. The molecule has 0 saturated carbocycles. The van der Waals surface area contributed by atoms with Crippen LogP contribution in [0, 0.1) is 18.3 Å². The maximum Gasteiger partial charge on any atom is 0.101 e. The maximum absolute atomic E-state index is 8.76. The molecule has 0 amide bonds. The Kier molecular flexibility index (Phi) is 4.39. The molecule has 0 fully saturated rings. The molecule has 0 spiro atoms. The van der Waals surface area contributed by atoms with Crippen LogP contribution in [-0.4, -0.2) is 21.1 Å². The van der Waals surface area contributed by atoms with Gasteiger partial charge in [-0.1, -0.05) is 0 Å². The van der Waals surface area contributed by atoms with E-state index >= 15 is 0 Å². The highest BCUT2D eigenvalue weighted by molar-refractivity contribution is 7.99. The number of hydrogen-bond donors (Lipinski definition) is 1.